The summed E-state index contributed by atoms with van der Waals surface area (Å²) < 4.78 is 51.0. The van der Waals surface area contributed by atoms with Crippen molar-refractivity contribution >= 4 is 18.0 Å². The van der Waals surface area contributed by atoms with Gasteiger partial charge in [0.25, 0.3) is 0 Å². The molecule has 3 aliphatic heterocycles. The molecule has 1 aromatic heterocycles. The van der Waals surface area contributed by atoms with Crippen LogP contribution in [-0.2, 0) is 47.5 Å². The molecular weight excluding hydrogens is 784 g/mol. The summed E-state index contributed by atoms with van der Waals surface area (Å²) in [6.45, 7) is 18.9. The van der Waals surface area contributed by atoms with Crippen LogP contribution in [0.1, 0.15) is 102 Å². The second-order valence-electron chi connectivity index (χ2n) is 18.2. The van der Waals surface area contributed by atoms with Crippen LogP contribution >= 0.6 is 0 Å². The molecular formula is C42H72N4O14. The Kier molecular flexibility index (Phi) is 16.8. The van der Waals surface area contributed by atoms with Crippen molar-refractivity contribution in [2.75, 3.05) is 20.7 Å². The highest BCUT2D eigenvalue weighted by Gasteiger charge is 2.54. The highest BCUT2D eigenvalue weighted by molar-refractivity contribution is 5.73. The van der Waals surface area contributed by atoms with Crippen LogP contribution in [0.3, 0.4) is 0 Å². The quantitative estimate of drug-likeness (QED) is 0.217. The average Bonchev–Trinajstić information content (AvgIpc) is 3.71. The van der Waals surface area contributed by atoms with Crippen molar-refractivity contribution in [1.82, 2.24) is 14.5 Å². The lowest BCUT2D eigenvalue weighted by atomic mass is 9.77. The summed E-state index contributed by atoms with van der Waals surface area (Å²) in [5.74, 6) is -3.51. The summed E-state index contributed by atoms with van der Waals surface area (Å²) in [4.78, 5) is 45.6. The Labute approximate surface area is 354 Å². The molecule has 4 heterocycles. The van der Waals surface area contributed by atoms with Crippen LogP contribution in [-0.4, -0.2) is 159 Å². The molecule has 5 N–H and O–H groups in total. The van der Waals surface area contributed by atoms with E-state index in [9.17, 15) is 29.7 Å². The first kappa shape index (κ1) is 49.9. The van der Waals surface area contributed by atoms with E-state index >= 15 is 0 Å². The normalized spacial score (nSPS) is 44.2. The number of aliphatic hydroxyl groups is 3. The van der Waals surface area contributed by atoms with Gasteiger partial charge in [-0.25, -0.2) is 14.3 Å². The number of hydrogen-bond donors (Lipinski definition) is 4. The van der Waals surface area contributed by atoms with E-state index in [0.717, 1.165) is 0 Å². The fraction of sp³-hybridized carbons (Fsp3) is 0.857. The fourth-order valence-electron chi connectivity index (χ4n) is 9.35. The number of cyclic esters (lactones) is 1. The third kappa shape index (κ3) is 11.4. The maximum atomic E-state index is 14.4. The van der Waals surface area contributed by atoms with E-state index < -0.39 is 114 Å². The zero-order valence-corrected chi connectivity index (χ0v) is 37.7. The number of nitrogens with two attached hydrogens (primary N) is 1. The number of imidazole rings is 1. The number of carbonyl (C=O) groups excluding carboxylic acids is 3. The number of rotatable bonds is 8. The third-order valence-electron chi connectivity index (χ3n) is 12.8. The number of nitrogens with zero attached hydrogens (tertiary/aromatic N) is 3. The Morgan fingerprint density at radius 2 is 1.67 bits per heavy atom. The molecule has 60 heavy (non-hydrogen) atoms. The molecule has 0 saturated carbocycles. The van der Waals surface area contributed by atoms with E-state index in [1.54, 1.807) is 48.5 Å². The van der Waals surface area contributed by atoms with E-state index in [2.05, 4.69) is 4.98 Å². The number of likely N-dealkylation sites (N-methyl/N-ethyl adjacent to an activating group) is 1. The number of carbonyl (C=O) groups is 3. The van der Waals surface area contributed by atoms with Gasteiger partial charge in [0.05, 0.1) is 35.9 Å². The standard InChI is InChI=1S/C42H72N4O14/c1-14-30-42(11,52)34(48)26(6)45(12)20-22(2)18-40(9,51)35(59-38-33(56-28(8)47)29(43)17-23(3)54-38)24(4)32(25(5)37(49)57-30)58-31-19-41(10,53-13)36(27(7)55-31)60-39(50)46-16-15-44-21-46/h15-16,21-27,29-36,38,48,51-52H,14,17-20,43H2,1-13H3/t22-,23-,24+,25-,26-,27-,29?,30-,31?,32+,33-,34-,35-,36-,38+,40-,41-,42-/m1/s1. The summed E-state index contributed by atoms with van der Waals surface area (Å²) in [6.07, 6.45) is -5.79. The molecule has 3 fully saturated rings. The van der Waals surface area contributed by atoms with Crippen LogP contribution in [0.4, 0.5) is 4.79 Å². The molecule has 18 nitrogen and oxygen atoms in total. The molecule has 2 unspecified atom stereocenters. The second kappa shape index (κ2) is 20.2. The molecule has 18 heteroatoms. The maximum absolute atomic E-state index is 14.4. The smallest absolute Gasteiger partial charge is 0.419 e. The van der Waals surface area contributed by atoms with Crippen LogP contribution in [0.5, 0.6) is 0 Å². The van der Waals surface area contributed by atoms with Crippen molar-refractivity contribution in [3.05, 3.63) is 18.7 Å². The number of aromatic nitrogens is 2. The van der Waals surface area contributed by atoms with Crippen LogP contribution in [0.25, 0.3) is 0 Å². The minimum Gasteiger partial charge on any atom is -0.459 e. The van der Waals surface area contributed by atoms with Crippen LogP contribution in [0.2, 0.25) is 0 Å². The van der Waals surface area contributed by atoms with E-state index in [0.29, 0.717) is 13.0 Å². The van der Waals surface area contributed by atoms with Crippen molar-refractivity contribution in [2.45, 2.75) is 192 Å². The monoisotopic (exact) mass is 857 g/mol. The van der Waals surface area contributed by atoms with E-state index in [-0.39, 0.29) is 31.3 Å². The highest BCUT2D eigenvalue weighted by Crippen LogP contribution is 2.41. The van der Waals surface area contributed by atoms with Gasteiger partial charge in [0, 0.05) is 57.4 Å². The SMILES string of the molecule is CC[C@H]1OC(=O)[C@H](C)[C@@H](OC2C[C@@](C)(OC)[C@H](OC(=O)n3ccnc3)[C@@H](C)O2)[C@H](C)[C@@H](O[C@@H]2O[C@H](C)CC(N)[C@H]2OC(C)=O)[C@](C)(O)C[C@@H](C)CN(C)[C@H](C)[C@@H](O)[C@]1(C)O. The molecule has 4 rings (SSSR count). The minimum absolute atomic E-state index is 0.0367. The molecule has 0 amide bonds. The molecule has 3 aliphatic rings. The van der Waals surface area contributed by atoms with E-state index in [1.807, 2.05) is 25.8 Å². The molecule has 1 aromatic rings. The number of methoxy groups -OCH3 is 1. The fourth-order valence-corrected chi connectivity index (χ4v) is 9.35. The van der Waals surface area contributed by atoms with Gasteiger partial charge in [0.2, 0.25) is 0 Å². The maximum Gasteiger partial charge on any atom is 0.419 e. The molecule has 344 valence electrons. The topological polar surface area (TPSA) is 233 Å². The van der Waals surface area contributed by atoms with Crippen molar-refractivity contribution in [1.29, 1.82) is 0 Å². The highest BCUT2D eigenvalue weighted by atomic mass is 16.7. The Bertz CT molecular complexity index is 1560. The number of hydrogen-bond acceptors (Lipinski definition) is 17. The van der Waals surface area contributed by atoms with Crippen LogP contribution in [0, 0.1) is 17.8 Å². The van der Waals surface area contributed by atoms with Crippen molar-refractivity contribution in [2.24, 2.45) is 23.5 Å². The summed E-state index contributed by atoms with van der Waals surface area (Å²) in [5.41, 5.74) is 1.87. The van der Waals surface area contributed by atoms with E-state index in [1.165, 1.54) is 44.2 Å². The lowest BCUT2D eigenvalue weighted by molar-refractivity contribution is -0.315. The molecule has 0 spiro atoms. The first-order valence-corrected chi connectivity index (χ1v) is 21.2. The summed E-state index contributed by atoms with van der Waals surface area (Å²) >= 11 is 0. The van der Waals surface area contributed by atoms with Gasteiger partial charge in [-0.2, -0.15) is 0 Å². The van der Waals surface area contributed by atoms with Gasteiger partial charge in [0.1, 0.15) is 29.7 Å². The number of aliphatic hydroxyl groups excluding tert-OH is 1. The Morgan fingerprint density at radius 3 is 2.25 bits per heavy atom. The van der Waals surface area contributed by atoms with Crippen molar-refractivity contribution in [3.63, 3.8) is 0 Å². The van der Waals surface area contributed by atoms with Crippen LogP contribution in [0.15, 0.2) is 18.7 Å². The van der Waals surface area contributed by atoms with Gasteiger partial charge >= 0.3 is 18.0 Å². The zero-order chi connectivity index (χ0) is 45.1. The minimum atomic E-state index is -1.86. The van der Waals surface area contributed by atoms with E-state index in [4.69, 9.17) is 43.6 Å². The summed E-state index contributed by atoms with van der Waals surface area (Å²) in [6, 6.07) is -1.23. The predicted octanol–water partition coefficient (Wildman–Crippen LogP) is 2.76. The van der Waals surface area contributed by atoms with Gasteiger partial charge in [-0.3, -0.25) is 9.59 Å². The first-order valence-electron chi connectivity index (χ1n) is 21.2. The van der Waals surface area contributed by atoms with Gasteiger partial charge in [-0.15, -0.1) is 0 Å². The zero-order valence-electron chi connectivity index (χ0n) is 37.7. The van der Waals surface area contributed by atoms with Crippen LogP contribution < -0.4 is 5.73 Å². The Balaban J connectivity index is 1.81. The lowest BCUT2D eigenvalue weighted by Gasteiger charge is -2.49. The second-order valence-corrected chi connectivity index (χ2v) is 18.2. The molecule has 0 aliphatic carbocycles. The van der Waals surface area contributed by atoms with Gasteiger partial charge in [-0.05, 0) is 80.7 Å². The first-order chi connectivity index (χ1) is 27.9. The lowest BCUT2D eigenvalue weighted by Crippen LogP contribution is -2.61. The largest absolute Gasteiger partial charge is 0.459 e. The summed E-state index contributed by atoms with van der Waals surface area (Å²) in [5, 5.41) is 36.1. The molecule has 0 radical (unpaired) electrons. The third-order valence-corrected chi connectivity index (χ3v) is 12.8. The molecule has 0 bridgehead atoms. The van der Waals surface area contributed by atoms with Crippen molar-refractivity contribution in [3.8, 4) is 0 Å². The van der Waals surface area contributed by atoms with Gasteiger partial charge < -0.3 is 63.8 Å². The molecule has 0 aromatic carbocycles. The van der Waals surface area contributed by atoms with Crippen molar-refractivity contribution < 1.29 is 67.6 Å². The Morgan fingerprint density at radius 1 is 1.00 bits per heavy atom. The van der Waals surface area contributed by atoms with Gasteiger partial charge in [0.15, 0.2) is 24.8 Å². The molecule has 3 saturated heterocycles. The predicted molar refractivity (Wildman–Crippen MR) is 216 cm³/mol. The van der Waals surface area contributed by atoms with Gasteiger partial charge in [-0.1, -0.05) is 20.8 Å². The summed E-state index contributed by atoms with van der Waals surface area (Å²) in [7, 11) is 3.30. The Hall–Kier alpha value is -2.78. The average molecular weight is 857 g/mol. The molecule has 18 atom stereocenters. The number of esters is 2. The number of ether oxygens (including phenoxy) is 8.